The first-order valence-corrected chi connectivity index (χ1v) is 3.82. The number of nitrogens with zero attached hydrogens (tertiary/aromatic N) is 1. The highest BCUT2D eigenvalue weighted by Crippen LogP contribution is 1.80. The van der Waals surface area contributed by atoms with Gasteiger partial charge in [-0.3, -0.25) is 5.73 Å². The first-order valence-electron chi connectivity index (χ1n) is 2.60. The van der Waals surface area contributed by atoms with E-state index in [1.807, 2.05) is 20.1 Å². The van der Waals surface area contributed by atoms with Crippen LogP contribution in [0.5, 0.6) is 0 Å². The monoisotopic (exact) mass is 273 g/mol. The van der Waals surface area contributed by atoms with E-state index >= 15 is 0 Å². The van der Waals surface area contributed by atoms with Crippen molar-refractivity contribution >= 4 is 22.6 Å². The topological polar surface area (TPSA) is 52.4 Å². The summed E-state index contributed by atoms with van der Waals surface area (Å²) in [6, 6.07) is 0. The molecule has 0 aliphatic carbocycles. The number of nitrogens with one attached hydrogen (secondary N) is 1. The van der Waals surface area contributed by atoms with E-state index in [4.69, 9.17) is 5.73 Å². The third-order valence-corrected chi connectivity index (χ3v) is 1.14. The van der Waals surface area contributed by atoms with Gasteiger partial charge in [0.25, 0.3) is 0 Å². The van der Waals surface area contributed by atoms with E-state index in [0.717, 1.165) is 5.71 Å². The summed E-state index contributed by atoms with van der Waals surface area (Å²) in [6.45, 7) is 3.81. The molecule has 0 aromatic heterocycles. The zero-order chi connectivity index (χ0) is 7.28. The van der Waals surface area contributed by atoms with Crippen LogP contribution >= 0.6 is 11.8 Å². The van der Waals surface area contributed by atoms with E-state index in [9.17, 15) is 0 Å². The van der Waals surface area contributed by atoms with Gasteiger partial charge in [0.15, 0.2) is 0 Å². The maximum absolute atomic E-state index is 5.38. The first kappa shape index (κ1) is 12.9. The van der Waals surface area contributed by atoms with E-state index in [0.29, 0.717) is 5.17 Å². The van der Waals surface area contributed by atoms with Crippen molar-refractivity contribution in [2.75, 3.05) is 6.26 Å². The molecule has 10 heavy (non-hydrogen) atoms. The second kappa shape index (κ2) is 7.33. The lowest BCUT2D eigenvalue weighted by Gasteiger charge is -1.82. The Hall–Kier alpha value is 0.220. The maximum atomic E-state index is 5.38. The van der Waals surface area contributed by atoms with Gasteiger partial charge in [-0.1, -0.05) is 5.10 Å². The van der Waals surface area contributed by atoms with Crippen LogP contribution in [0, 0.1) is 0 Å². The summed E-state index contributed by atoms with van der Waals surface area (Å²) in [7, 11) is 0. The highest BCUT2D eigenvalue weighted by molar-refractivity contribution is 8.12. The van der Waals surface area contributed by atoms with Gasteiger partial charge in [0, 0.05) is 0 Å². The number of nitrogens with two attached hydrogens (primary N) is 1. The molecule has 60 valence electrons. The van der Waals surface area contributed by atoms with Gasteiger partial charge in [-0.25, -0.2) is 0 Å². The largest absolute Gasteiger partial charge is 1.00 e. The summed E-state index contributed by atoms with van der Waals surface area (Å²) >= 11 is 1.44. The SMILES string of the molecule is CS/C(N)=[NH+]\N=C(C)C.[I-]. The Bertz CT molecular complexity index is 140. The van der Waals surface area contributed by atoms with Crippen LogP contribution in [0.2, 0.25) is 0 Å². The number of thioether (sulfide) groups is 1. The van der Waals surface area contributed by atoms with Crippen LogP contribution in [-0.4, -0.2) is 17.1 Å². The van der Waals surface area contributed by atoms with Crippen molar-refractivity contribution in [1.82, 2.24) is 0 Å². The molecule has 0 amide bonds. The van der Waals surface area contributed by atoms with Crippen molar-refractivity contribution < 1.29 is 29.1 Å². The second-order valence-electron chi connectivity index (χ2n) is 1.74. The Morgan fingerprint density at radius 2 is 2.00 bits per heavy atom. The number of rotatable bonds is 1. The lowest BCUT2D eigenvalue weighted by molar-refractivity contribution is -0.460. The van der Waals surface area contributed by atoms with Crippen LogP contribution in [0.3, 0.4) is 0 Å². The summed E-state index contributed by atoms with van der Waals surface area (Å²) in [4.78, 5) is 0. The quantitative estimate of drug-likeness (QED) is 0.222. The van der Waals surface area contributed by atoms with Crippen LogP contribution in [0.1, 0.15) is 13.8 Å². The zero-order valence-corrected chi connectivity index (χ0v) is 9.28. The van der Waals surface area contributed by atoms with Crippen molar-refractivity contribution in [2.24, 2.45) is 10.8 Å². The van der Waals surface area contributed by atoms with Crippen LogP contribution < -0.4 is 34.8 Å². The predicted molar refractivity (Wildman–Crippen MR) is 42.5 cm³/mol. The molecule has 0 aliphatic rings. The number of hydrazone groups is 1. The molecule has 0 rings (SSSR count). The number of hydrogen-bond donors (Lipinski definition) is 2. The summed E-state index contributed by atoms with van der Waals surface area (Å²) in [5.41, 5.74) is 6.35. The molecule has 0 aromatic rings. The lowest BCUT2D eigenvalue weighted by atomic mass is 10.5. The fourth-order valence-electron chi connectivity index (χ4n) is 0.213. The van der Waals surface area contributed by atoms with E-state index in [1.54, 1.807) is 0 Å². The van der Waals surface area contributed by atoms with Gasteiger partial charge in [-0.05, 0) is 31.9 Å². The van der Waals surface area contributed by atoms with Gasteiger partial charge in [0.05, 0.1) is 5.71 Å². The lowest BCUT2D eigenvalue weighted by Crippen LogP contribution is -3.00. The first-order chi connectivity index (χ1) is 4.16. The van der Waals surface area contributed by atoms with Gasteiger partial charge in [-0.15, -0.1) is 5.10 Å². The van der Waals surface area contributed by atoms with E-state index in [2.05, 4.69) is 10.2 Å². The molecule has 0 radical (unpaired) electrons. The Balaban J connectivity index is 0. The normalized spacial score (nSPS) is 10.1. The molecule has 5 heteroatoms. The standard InChI is InChI=1S/C5H11N3S.HI/c1-4(2)7-8-5(6)9-3;/h1-3H3,(H2,6,8);1H. The number of amidine groups is 1. The second-order valence-corrected chi connectivity index (χ2v) is 2.59. The van der Waals surface area contributed by atoms with Gasteiger partial charge in [0.1, 0.15) is 0 Å². The summed E-state index contributed by atoms with van der Waals surface area (Å²) in [5.74, 6) is 0. The maximum Gasteiger partial charge on any atom is 0.326 e. The van der Waals surface area contributed by atoms with Crippen molar-refractivity contribution in [3.63, 3.8) is 0 Å². The van der Waals surface area contributed by atoms with E-state index in [1.165, 1.54) is 11.8 Å². The molecule has 0 saturated carbocycles. The summed E-state index contributed by atoms with van der Waals surface area (Å²) < 4.78 is 0. The van der Waals surface area contributed by atoms with Crippen LogP contribution in [0.15, 0.2) is 5.10 Å². The van der Waals surface area contributed by atoms with Crippen molar-refractivity contribution in [1.29, 1.82) is 0 Å². The minimum absolute atomic E-state index is 0. The van der Waals surface area contributed by atoms with E-state index in [-0.39, 0.29) is 24.0 Å². The van der Waals surface area contributed by atoms with Crippen molar-refractivity contribution in [3.8, 4) is 0 Å². The highest BCUT2D eigenvalue weighted by Gasteiger charge is 1.89. The molecule has 0 fully saturated rings. The van der Waals surface area contributed by atoms with Crippen molar-refractivity contribution in [3.05, 3.63) is 0 Å². The molecule has 0 atom stereocenters. The minimum atomic E-state index is 0. The predicted octanol–water partition coefficient (Wildman–Crippen LogP) is -3.86. The Morgan fingerprint density at radius 1 is 1.50 bits per heavy atom. The molecule has 0 aromatic carbocycles. The van der Waals surface area contributed by atoms with Gasteiger partial charge in [-0.2, -0.15) is 0 Å². The van der Waals surface area contributed by atoms with Crippen LogP contribution in [0.4, 0.5) is 0 Å². The fourth-order valence-corrected chi connectivity index (χ4v) is 0.349. The molecule has 0 bridgehead atoms. The highest BCUT2D eigenvalue weighted by atomic mass is 127. The molecule has 3 N–H and O–H groups in total. The molecule has 0 aliphatic heterocycles. The molecular formula is C5H12IN3S. The van der Waals surface area contributed by atoms with E-state index < -0.39 is 0 Å². The molecule has 0 saturated heterocycles. The summed E-state index contributed by atoms with van der Waals surface area (Å²) in [5, 5.41) is 7.18. The molecular weight excluding hydrogens is 261 g/mol. The zero-order valence-electron chi connectivity index (χ0n) is 6.31. The minimum Gasteiger partial charge on any atom is -1.00 e. The third-order valence-electron chi connectivity index (χ3n) is 0.610. The van der Waals surface area contributed by atoms with Gasteiger partial charge in [0.2, 0.25) is 0 Å². The molecule has 0 heterocycles. The van der Waals surface area contributed by atoms with Gasteiger partial charge < -0.3 is 24.0 Å². The summed E-state index contributed by atoms with van der Waals surface area (Å²) in [6.07, 6.45) is 1.89. The number of halogens is 1. The average Bonchev–Trinajstić information content (AvgIpc) is 1.83. The molecule has 3 nitrogen and oxygen atoms in total. The van der Waals surface area contributed by atoms with Gasteiger partial charge >= 0.3 is 5.17 Å². The average molecular weight is 273 g/mol. The van der Waals surface area contributed by atoms with Crippen molar-refractivity contribution in [2.45, 2.75) is 13.8 Å². The number of hydrogen-bond acceptors (Lipinski definition) is 2. The van der Waals surface area contributed by atoms with Crippen LogP contribution in [-0.2, 0) is 0 Å². The molecule has 0 spiro atoms. The Labute approximate surface area is 82.6 Å². The van der Waals surface area contributed by atoms with Crippen LogP contribution in [0.25, 0.3) is 0 Å². The third kappa shape index (κ3) is 8.22. The Kier molecular flexibility index (Phi) is 9.42. The smallest absolute Gasteiger partial charge is 0.326 e. The Morgan fingerprint density at radius 3 is 2.30 bits per heavy atom. The molecule has 0 unspecified atom stereocenters. The fraction of sp³-hybridized carbons (Fsp3) is 0.600.